The Morgan fingerprint density at radius 3 is 2.06 bits per heavy atom. The van der Waals surface area contributed by atoms with Gasteiger partial charge >= 0.3 is 0 Å². The lowest BCUT2D eigenvalue weighted by atomic mass is 9.83. The molecule has 0 saturated heterocycles. The van der Waals surface area contributed by atoms with Crippen LogP contribution in [-0.2, 0) is 4.79 Å². The molecular weight excluding hydrogens is 214 g/mol. The van der Waals surface area contributed by atoms with E-state index in [9.17, 15) is 9.90 Å². The molecule has 0 spiro atoms. The lowest BCUT2D eigenvalue weighted by Crippen LogP contribution is -2.39. The minimum absolute atomic E-state index is 0.0969. The van der Waals surface area contributed by atoms with Crippen LogP contribution in [-0.4, -0.2) is 24.2 Å². The van der Waals surface area contributed by atoms with Crippen molar-refractivity contribution in [2.45, 2.75) is 60.3 Å². The molecule has 0 unspecified atom stereocenters. The van der Waals surface area contributed by atoms with Crippen LogP contribution in [0.25, 0.3) is 0 Å². The summed E-state index contributed by atoms with van der Waals surface area (Å²) >= 11 is 0. The van der Waals surface area contributed by atoms with E-state index in [4.69, 9.17) is 0 Å². The highest BCUT2D eigenvalue weighted by molar-refractivity contribution is 5.75. The zero-order valence-corrected chi connectivity index (χ0v) is 12.1. The standard InChI is InChI=1S/C14H29NO2/c1-6-14(7-2,11-16)10-15-12(17)8-9-13(3,4)5/h16H,6-11H2,1-5H3,(H,15,17). The average molecular weight is 243 g/mol. The molecular formula is C14H29NO2. The molecule has 102 valence electrons. The maximum Gasteiger partial charge on any atom is 0.220 e. The highest BCUT2D eigenvalue weighted by atomic mass is 16.3. The maximum atomic E-state index is 11.7. The van der Waals surface area contributed by atoms with Gasteiger partial charge in [-0.1, -0.05) is 34.6 Å². The Balaban J connectivity index is 4.06. The predicted octanol–water partition coefficient (Wildman–Crippen LogP) is 2.73. The number of nitrogens with one attached hydrogen (secondary N) is 1. The van der Waals surface area contributed by atoms with Gasteiger partial charge in [-0.25, -0.2) is 0 Å². The number of carbonyl (C=O) groups excluding carboxylic acids is 1. The van der Waals surface area contributed by atoms with Gasteiger partial charge in [-0.2, -0.15) is 0 Å². The SMILES string of the molecule is CCC(CC)(CO)CNC(=O)CCC(C)(C)C. The lowest BCUT2D eigenvalue weighted by molar-refractivity contribution is -0.122. The van der Waals surface area contributed by atoms with E-state index < -0.39 is 0 Å². The van der Waals surface area contributed by atoms with Crippen molar-refractivity contribution < 1.29 is 9.90 Å². The number of rotatable bonds is 7. The molecule has 2 N–H and O–H groups in total. The van der Waals surface area contributed by atoms with Crippen molar-refractivity contribution in [2.24, 2.45) is 10.8 Å². The summed E-state index contributed by atoms with van der Waals surface area (Å²) in [5.41, 5.74) is 0.0539. The Bertz CT molecular complexity index is 219. The Kier molecular flexibility index (Phi) is 6.76. The molecule has 3 nitrogen and oxygen atoms in total. The highest BCUT2D eigenvalue weighted by Crippen LogP contribution is 2.25. The van der Waals surface area contributed by atoms with Crippen molar-refractivity contribution in [3.05, 3.63) is 0 Å². The van der Waals surface area contributed by atoms with Crippen molar-refractivity contribution in [1.82, 2.24) is 5.32 Å². The second kappa shape index (κ2) is 7.00. The van der Waals surface area contributed by atoms with Gasteiger partial charge < -0.3 is 10.4 Å². The third kappa shape index (κ3) is 6.67. The molecule has 0 saturated carbocycles. The molecule has 3 heteroatoms. The number of hydrogen-bond acceptors (Lipinski definition) is 2. The molecule has 0 fully saturated rings. The van der Waals surface area contributed by atoms with E-state index in [-0.39, 0.29) is 23.3 Å². The van der Waals surface area contributed by atoms with Gasteiger partial charge in [0.05, 0.1) is 6.61 Å². The summed E-state index contributed by atoms with van der Waals surface area (Å²) in [6.07, 6.45) is 3.24. The minimum Gasteiger partial charge on any atom is -0.396 e. The zero-order valence-electron chi connectivity index (χ0n) is 12.1. The third-order valence-electron chi connectivity index (χ3n) is 3.60. The van der Waals surface area contributed by atoms with Gasteiger partial charge in [0.25, 0.3) is 0 Å². The summed E-state index contributed by atoms with van der Waals surface area (Å²) in [6.45, 7) is 11.2. The fourth-order valence-corrected chi connectivity index (χ4v) is 1.64. The van der Waals surface area contributed by atoms with Crippen LogP contribution in [0.2, 0.25) is 0 Å². The first kappa shape index (κ1) is 16.4. The van der Waals surface area contributed by atoms with Crippen molar-refractivity contribution in [3.8, 4) is 0 Å². The Morgan fingerprint density at radius 2 is 1.71 bits per heavy atom. The minimum atomic E-state index is -0.141. The number of carbonyl (C=O) groups is 1. The van der Waals surface area contributed by atoms with Gasteiger partial charge in [-0.05, 0) is 24.7 Å². The van der Waals surface area contributed by atoms with Crippen molar-refractivity contribution >= 4 is 5.91 Å². The molecule has 0 aliphatic rings. The molecule has 0 radical (unpaired) electrons. The van der Waals surface area contributed by atoms with Crippen LogP contribution in [0.3, 0.4) is 0 Å². The molecule has 0 bridgehead atoms. The largest absolute Gasteiger partial charge is 0.396 e. The smallest absolute Gasteiger partial charge is 0.220 e. The Hall–Kier alpha value is -0.570. The fourth-order valence-electron chi connectivity index (χ4n) is 1.64. The number of amides is 1. The second-order valence-electron chi connectivity index (χ2n) is 6.20. The third-order valence-corrected chi connectivity index (χ3v) is 3.60. The van der Waals surface area contributed by atoms with Crippen LogP contribution in [0.1, 0.15) is 60.3 Å². The summed E-state index contributed by atoms with van der Waals surface area (Å²) in [5, 5.41) is 12.3. The van der Waals surface area contributed by atoms with Crippen LogP contribution >= 0.6 is 0 Å². The lowest BCUT2D eigenvalue weighted by Gasteiger charge is -2.29. The molecule has 0 rings (SSSR count). The Morgan fingerprint density at radius 1 is 1.18 bits per heavy atom. The van der Waals surface area contributed by atoms with E-state index in [1.54, 1.807) is 0 Å². The Labute approximate surface area is 106 Å². The van der Waals surface area contributed by atoms with Gasteiger partial charge in [0.1, 0.15) is 0 Å². The summed E-state index contributed by atoms with van der Waals surface area (Å²) in [7, 11) is 0. The molecule has 0 aliphatic carbocycles. The number of aliphatic hydroxyl groups excluding tert-OH is 1. The molecule has 17 heavy (non-hydrogen) atoms. The first-order valence-electron chi connectivity index (χ1n) is 6.66. The van der Waals surface area contributed by atoms with E-state index in [0.29, 0.717) is 13.0 Å². The normalized spacial score (nSPS) is 12.6. The molecule has 0 aromatic carbocycles. The highest BCUT2D eigenvalue weighted by Gasteiger charge is 2.25. The van der Waals surface area contributed by atoms with Crippen LogP contribution in [0.4, 0.5) is 0 Å². The zero-order chi connectivity index (χ0) is 13.5. The van der Waals surface area contributed by atoms with E-state index in [2.05, 4.69) is 39.9 Å². The van der Waals surface area contributed by atoms with Crippen molar-refractivity contribution in [3.63, 3.8) is 0 Å². The number of hydrogen-bond donors (Lipinski definition) is 2. The fraction of sp³-hybridized carbons (Fsp3) is 0.929. The quantitative estimate of drug-likeness (QED) is 0.722. The molecule has 0 aliphatic heterocycles. The van der Waals surface area contributed by atoms with Gasteiger partial charge in [-0.3, -0.25) is 4.79 Å². The molecule has 1 amide bonds. The summed E-state index contributed by atoms with van der Waals surface area (Å²) in [5.74, 6) is 0.0969. The van der Waals surface area contributed by atoms with Crippen LogP contribution in [0.15, 0.2) is 0 Å². The summed E-state index contributed by atoms with van der Waals surface area (Å²) < 4.78 is 0. The molecule has 0 atom stereocenters. The molecule has 0 heterocycles. The van der Waals surface area contributed by atoms with E-state index in [0.717, 1.165) is 19.3 Å². The van der Waals surface area contributed by atoms with Crippen LogP contribution in [0, 0.1) is 10.8 Å². The molecule has 0 aromatic heterocycles. The van der Waals surface area contributed by atoms with Crippen molar-refractivity contribution in [2.75, 3.05) is 13.2 Å². The van der Waals surface area contributed by atoms with Crippen LogP contribution in [0.5, 0.6) is 0 Å². The van der Waals surface area contributed by atoms with E-state index in [1.807, 2.05) is 0 Å². The van der Waals surface area contributed by atoms with Crippen molar-refractivity contribution in [1.29, 1.82) is 0 Å². The molecule has 0 aromatic rings. The second-order valence-corrected chi connectivity index (χ2v) is 6.20. The van der Waals surface area contributed by atoms with Gasteiger partial charge in [0.2, 0.25) is 5.91 Å². The van der Waals surface area contributed by atoms with E-state index >= 15 is 0 Å². The predicted molar refractivity (Wildman–Crippen MR) is 71.8 cm³/mol. The first-order valence-corrected chi connectivity index (χ1v) is 6.66. The van der Waals surface area contributed by atoms with E-state index in [1.165, 1.54) is 0 Å². The monoisotopic (exact) mass is 243 g/mol. The van der Waals surface area contributed by atoms with Gasteiger partial charge in [0, 0.05) is 18.4 Å². The maximum absolute atomic E-state index is 11.7. The van der Waals surface area contributed by atoms with Gasteiger partial charge in [0.15, 0.2) is 0 Å². The summed E-state index contributed by atoms with van der Waals surface area (Å²) in [6, 6.07) is 0. The average Bonchev–Trinajstić information content (AvgIpc) is 2.28. The topological polar surface area (TPSA) is 49.3 Å². The first-order chi connectivity index (χ1) is 7.78. The summed E-state index contributed by atoms with van der Waals surface area (Å²) in [4.78, 5) is 11.7. The van der Waals surface area contributed by atoms with Crippen LogP contribution < -0.4 is 5.32 Å². The number of aliphatic hydroxyl groups is 1. The van der Waals surface area contributed by atoms with Gasteiger partial charge in [-0.15, -0.1) is 0 Å².